The first kappa shape index (κ1) is 38.0. The number of methoxy groups -OCH3 is 1. The van der Waals surface area contributed by atoms with Crippen LogP contribution in [0.25, 0.3) is 0 Å². The summed E-state index contributed by atoms with van der Waals surface area (Å²) in [6.45, 7) is 10.5. The molecule has 1 unspecified atom stereocenters. The van der Waals surface area contributed by atoms with E-state index in [-0.39, 0.29) is 30.0 Å². The van der Waals surface area contributed by atoms with Gasteiger partial charge in [0.05, 0.1) is 13.3 Å². The summed E-state index contributed by atoms with van der Waals surface area (Å²) in [4.78, 5) is 45.8. The van der Waals surface area contributed by atoms with Crippen LogP contribution in [0.2, 0.25) is 10.0 Å². The average Bonchev–Trinajstić information content (AvgIpc) is 3.07. The van der Waals surface area contributed by atoms with Gasteiger partial charge in [0.15, 0.2) is 5.88 Å². The Bertz CT molecular complexity index is 1470. The second kappa shape index (κ2) is 18.8. The monoisotopic (exact) mass is 715 g/mol. The smallest absolute Gasteiger partial charge is 0.413 e. The van der Waals surface area contributed by atoms with Gasteiger partial charge in [-0.1, -0.05) is 36.2 Å². The van der Waals surface area contributed by atoms with Gasteiger partial charge < -0.3 is 25.4 Å². The van der Waals surface area contributed by atoms with Gasteiger partial charge >= 0.3 is 6.09 Å². The van der Waals surface area contributed by atoms with E-state index in [9.17, 15) is 14.4 Å². The number of anilines is 1. The number of nitrogens with zero attached hydrogens (tertiary/aromatic N) is 4. The Morgan fingerprint density at radius 2 is 1.73 bits per heavy atom. The minimum Gasteiger partial charge on any atom is -0.453 e. The summed E-state index contributed by atoms with van der Waals surface area (Å²) in [7, 11) is 1.22. The Morgan fingerprint density at radius 1 is 1.04 bits per heavy atom. The predicted molar refractivity (Wildman–Crippen MR) is 192 cm³/mol. The molecule has 4 N–H and O–H groups in total. The van der Waals surface area contributed by atoms with Crippen molar-refractivity contribution in [1.29, 1.82) is 0 Å². The van der Waals surface area contributed by atoms with Crippen LogP contribution in [-0.4, -0.2) is 98.7 Å². The molecule has 1 aromatic heterocycles. The number of carbonyl (C=O) groups excluding carboxylic acids is 3. The van der Waals surface area contributed by atoms with Crippen molar-refractivity contribution in [3.05, 3.63) is 75.7 Å². The molecule has 2 aliphatic heterocycles. The highest BCUT2D eigenvalue weighted by atomic mass is 35.5. The second-order valence-corrected chi connectivity index (χ2v) is 13.4. The maximum atomic E-state index is 11.9. The van der Waals surface area contributed by atoms with Gasteiger partial charge in [-0.15, -0.1) is 0 Å². The van der Waals surface area contributed by atoms with Gasteiger partial charge in [-0.05, 0) is 79.2 Å². The predicted octanol–water partition coefficient (Wildman–Crippen LogP) is 4.54. The van der Waals surface area contributed by atoms with E-state index in [0.29, 0.717) is 41.3 Å². The number of benzene rings is 1. The number of hydrogen-bond acceptors (Lipinski definition) is 10. The Labute approximate surface area is 298 Å². The molecule has 2 aromatic rings. The van der Waals surface area contributed by atoms with Gasteiger partial charge in [-0.25, -0.2) is 9.78 Å². The van der Waals surface area contributed by atoms with Gasteiger partial charge in [-0.3, -0.25) is 24.7 Å². The number of carbonyl (C=O) groups is 3. The number of pyridine rings is 1. The zero-order valence-corrected chi connectivity index (χ0v) is 29.9. The standard InChI is InChI=1S/C35H47Cl2N7O5/c1-24(28-18-29(36)20-30(37)19-28)16-27(23-43-9-6-26(7-10-43)21-39-25(2)45)17-32(38)49-31-4-5-33(40-22-31)44-14-12-42(13-15-44)11-8-34(46)41-35(47)48-3/h4-5,16-20,22,24,26H,6-15,21,23,38H2,1-3H3,(H,39,45)(H,41,46,47)/b27-16+,32-17+. The van der Waals surface area contributed by atoms with Crippen molar-refractivity contribution in [2.45, 2.75) is 39.0 Å². The van der Waals surface area contributed by atoms with Crippen molar-refractivity contribution in [3.8, 4) is 5.75 Å². The van der Waals surface area contributed by atoms with E-state index in [1.165, 1.54) is 7.11 Å². The number of imide groups is 1. The van der Waals surface area contributed by atoms with Crippen molar-refractivity contribution in [2.24, 2.45) is 11.7 Å². The molecule has 0 aliphatic carbocycles. The van der Waals surface area contributed by atoms with Gasteiger partial charge in [0, 0.05) is 75.3 Å². The SMILES string of the molecule is COC(=O)NC(=O)CCN1CCN(c2ccc(O/C(N)=C/C(=C\C(C)c3cc(Cl)cc(Cl)c3)CN3CCC(CNC(C)=O)CC3)cn2)CC1. The normalized spacial score (nSPS) is 17.4. The van der Waals surface area contributed by atoms with Crippen molar-refractivity contribution >= 4 is 46.9 Å². The molecule has 0 bridgehead atoms. The number of hydrogen-bond donors (Lipinski definition) is 3. The zero-order valence-electron chi connectivity index (χ0n) is 28.4. The maximum Gasteiger partial charge on any atom is 0.413 e. The minimum atomic E-state index is -0.746. The summed E-state index contributed by atoms with van der Waals surface area (Å²) in [6.07, 6.45) is 7.17. The number of piperazine rings is 1. The molecule has 1 aromatic carbocycles. The molecule has 49 heavy (non-hydrogen) atoms. The zero-order chi connectivity index (χ0) is 35.3. The van der Waals surface area contributed by atoms with Crippen molar-refractivity contribution < 1.29 is 23.9 Å². The molecule has 12 nitrogen and oxygen atoms in total. The Kier molecular flexibility index (Phi) is 14.6. The number of nitrogens with two attached hydrogens (primary N) is 1. The lowest BCUT2D eigenvalue weighted by Crippen LogP contribution is -2.47. The summed E-state index contributed by atoms with van der Waals surface area (Å²) in [5, 5.41) is 6.30. The number of rotatable bonds is 13. The summed E-state index contributed by atoms with van der Waals surface area (Å²) in [5.74, 6) is 1.74. The van der Waals surface area contributed by atoms with Crippen LogP contribution in [-0.2, 0) is 14.3 Å². The lowest BCUT2D eigenvalue weighted by Gasteiger charge is -2.35. The van der Waals surface area contributed by atoms with Crippen molar-refractivity contribution in [2.75, 3.05) is 70.9 Å². The number of amides is 3. The molecule has 2 saturated heterocycles. The fourth-order valence-electron chi connectivity index (χ4n) is 5.95. The third-order valence-electron chi connectivity index (χ3n) is 8.69. The molecule has 266 valence electrons. The first-order valence-corrected chi connectivity index (χ1v) is 17.3. The number of nitrogens with one attached hydrogen (secondary N) is 2. The van der Waals surface area contributed by atoms with Gasteiger partial charge in [0.1, 0.15) is 11.6 Å². The van der Waals surface area contributed by atoms with Gasteiger partial charge in [0.2, 0.25) is 11.8 Å². The number of ether oxygens (including phenoxy) is 2. The van der Waals surface area contributed by atoms with Crippen LogP contribution in [0.15, 0.2) is 60.1 Å². The molecular formula is C35H47Cl2N7O5. The fraction of sp³-hybridized carbons (Fsp3) is 0.486. The van der Waals surface area contributed by atoms with Crippen LogP contribution < -0.4 is 26.0 Å². The molecular weight excluding hydrogens is 669 g/mol. The fourth-order valence-corrected chi connectivity index (χ4v) is 6.50. The molecule has 14 heteroatoms. The van der Waals surface area contributed by atoms with Crippen LogP contribution in [0.3, 0.4) is 0 Å². The van der Waals surface area contributed by atoms with E-state index in [2.05, 4.69) is 48.1 Å². The van der Waals surface area contributed by atoms with E-state index in [1.54, 1.807) is 19.2 Å². The average molecular weight is 717 g/mol. The molecule has 0 saturated carbocycles. The number of alkyl carbamates (subject to hydrolysis) is 1. The first-order chi connectivity index (χ1) is 23.5. The number of aromatic nitrogens is 1. The second-order valence-electron chi connectivity index (χ2n) is 12.5. The van der Waals surface area contributed by atoms with Crippen LogP contribution in [0.1, 0.15) is 44.6 Å². The van der Waals surface area contributed by atoms with Crippen LogP contribution >= 0.6 is 23.2 Å². The number of piperidine rings is 1. The maximum absolute atomic E-state index is 11.9. The van der Waals surface area contributed by atoms with Crippen molar-refractivity contribution in [1.82, 2.24) is 25.4 Å². The van der Waals surface area contributed by atoms with E-state index in [4.69, 9.17) is 33.7 Å². The largest absolute Gasteiger partial charge is 0.453 e. The molecule has 0 spiro atoms. The quantitative estimate of drug-likeness (QED) is 0.200. The van der Waals surface area contributed by atoms with E-state index in [1.807, 2.05) is 30.3 Å². The number of allylic oxidation sites excluding steroid dienone is 1. The molecule has 3 heterocycles. The first-order valence-electron chi connectivity index (χ1n) is 16.6. The summed E-state index contributed by atoms with van der Waals surface area (Å²) < 4.78 is 10.5. The topological polar surface area (TPSA) is 142 Å². The molecule has 2 fully saturated rings. The molecule has 4 rings (SSSR count). The van der Waals surface area contributed by atoms with Gasteiger partial charge in [-0.2, -0.15) is 0 Å². The Balaban J connectivity index is 1.35. The van der Waals surface area contributed by atoms with Crippen molar-refractivity contribution in [3.63, 3.8) is 0 Å². The molecule has 1 atom stereocenters. The highest BCUT2D eigenvalue weighted by Gasteiger charge is 2.21. The van der Waals surface area contributed by atoms with Crippen LogP contribution in [0.4, 0.5) is 10.6 Å². The van der Waals surface area contributed by atoms with E-state index in [0.717, 1.165) is 69.1 Å². The molecule has 0 radical (unpaired) electrons. The van der Waals surface area contributed by atoms with Gasteiger partial charge in [0.25, 0.3) is 0 Å². The third kappa shape index (κ3) is 12.8. The lowest BCUT2D eigenvalue weighted by atomic mass is 9.95. The molecule has 3 amide bonds. The minimum absolute atomic E-state index is 0.00521. The van der Waals surface area contributed by atoms with E-state index >= 15 is 0 Å². The Hall–Kier alpha value is -3.84. The van der Waals surface area contributed by atoms with Crippen LogP contribution in [0.5, 0.6) is 5.75 Å². The highest BCUT2D eigenvalue weighted by Crippen LogP contribution is 2.27. The van der Waals surface area contributed by atoms with E-state index < -0.39 is 6.09 Å². The molecule has 2 aliphatic rings. The number of likely N-dealkylation sites (tertiary alicyclic amines) is 1. The summed E-state index contributed by atoms with van der Waals surface area (Å²) in [6, 6.07) is 9.32. The highest BCUT2D eigenvalue weighted by molar-refractivity contribution is 6.34. The lowest BCUT2D eigenvalue weighted by molar-refractivity contribution is -0.121. The van der Waals surface area contributed by atoms with Crippen LogP contribution in [0, 0.1) is 5.92 Å². The third-order valence-corrected chi connectivity index (χ3v) is 9.13. The summed E-state index contributed by atoms with van der Waals surface area (Å²) in [5.41, 5.74) is 8.45. The Morgan fingerprint density at radius 3 is 2.35 bits per heavy atom. The summed E-state index contributed by atoms with van der Waals surface area (Å²) >= 11 is 12.6. The number of halogens is 2.